The molecule has 178 valence electrons. The van der Waals surface area contributed by atoms with E-state index in [1.54, 1.807) is 0 Å². The summed E-state index contributed by atoms with van der Waals surface area (Å²) in [7, 11) is -9.10. The van der Waals surface area contributed by atoms with Crippen LogP contribution in [0.25, 0.3) is 11.4 Å². The fraction of sp³-hybridized carbons (Fsp3) is 0. The minimum Gasteiger partial charge on any atom is -0.323 e. The van der Waals surface area contributed by atoms with Crippen molar-refractivity contribution in [3.8, 4) is 11.4 Å². The fourth-order valence-corrected chi connectivity index (χ4v) is 3.93. The van der Waals surface area contributed by atoms with Gasteiger partial charge in [0.2, 0.25) is 11.2 Å². The zero-order valence-electron chi connectivity index (χ0n) is 16.6. The number of nitrogens with one attached hydrogen (secondary N) is 2. The molecule has 0 aliphatic carbocycles. The van der Waals surface area contributed by atoms with E-state index in [4.69, 9.17) is 16.2 Å². The third kappa shape index (κ3) is 6.34. The lowest BCUT2D eigenvalue weighted by Crippen LogP contribution is -2.12. The summed E-state index contributed by atoms with van der Waals surface area (Å²) in [6.07, 6.45) is 0. The summed E-state index contributed by atoms with van der Waals surface area (Å²) < 4.78 is 64.7. The predicted octanol–water partition coefficient (Wildman–Crippen LogP) is 3.28. The van der Waals surface area contributed by atoms with Gasteiger partial charge in [0.05, 0.1) is 15.1 Å². The topological polar surface area (TPSA) is 189 Å². The molecule has 0 spiro atoms. The van der Waals surface area contributed by atoms with Gasteiger partial charge in [-0.25, -0.2) is 0 Å². The fourth-order valence-electron chi connectivity index (χ4n) is 2.56. The Kier molecular flexibility index (Phi) is 7.35. The molecule has 1 amide bonds. The normalized spacial score (nSPS) is 11.6. The number of anilines is 3. The minimum atomic E-state index is -4.69. The standard InChI is InChI=1S/C18H13BrClN5O7S2/c1-9(19)16(26)21-11-4-7-14(34(30,31)32)13(8-11)22-18-24-15(23-17(20)25-18)10-2-5-12(6-3-10)33(27,28)29/h2-8H,1H2,(H,21,26)(H,27,28,29)(H,30,31,32)(H,22,23,24,25). The molecule has 16 heteroatoms. The summed E-state index contributed by atoms with van der Waals surface area (Å²) in [6, 6.07) is 8.35. The molecule has 34 heavy (non-hydrogen) atoms. The van der Waals surface area contributed by atoms with Gasteiger partial charge in [-0.15, -0.1) is 0 Å². The van der Waals surface area contributed by atoms with Gasteiger partial charge in [0, 0.05) is 11.3 Å². The van der Waals surface area contributed by atoms with Crippen LogP contribution in [0, 0.1) is 0 Å². The molecule has 1 heterocycles. The van der Waals surface area contributed by atoms with Crippen LogP contribution in [0.1, 0.15) is 0 Å². The summed E-state index contributed by atoms with van der Waals surface area (Å²) in [5, 5.41) is 4.77. The van der Waals surface area contributed by atoms with Gasteiger partial charge in [-0.3, -0.25) is 13.9 Å². The van der Waals surface area contributed by atoms with Crippen molar-refractivity contribution in [1.82, 2.24) is 15.0 Å². The van der Waals surface area contributed by atoms with E-state index in [9.17, 15) is 26.2 Å². The number of halogens is 2. The molecular formula is C18H13BrClN5O7S2. The summed E-state index contributed by atoms with van der Waals surface area (Å²) in [5.74, 6) is -0.839. The number of hydrogen-bond donors (Lipinski definition) is 4. The first kappa shape index (κ1) is 25.7. The van der Waals surface area contributed by atoms with Crippen molar-refractivity contribution in [2.24, 2.45) is 0 Å². The molecule has 0 radical (unpaired) electrons. The third-order valence-electron chi connectivity index (χ3n) is 4.03. The Balaban J connectivity index is 2.02. The Hall–Kier alpha value is -2.95. The molecule has 0 saturated carbocycles. The van der Waals surface area contributed by atoms with Gasteiger partial charge in [0.25, 0.3) is 26.1 Å². The number of carbonyl (C=O) groups is 1. The maximum absolute atomic E-state index is 11.8. The molecule has 0 fully saturated rings. The second-order valence-electron chi connectivity index (χ2n) is 6.42. The molecule has 3 aromatic rings. The Morgan fingerprint density at radius 2 is 1.62 bits per heavy atom. The van der Waals surface area contributed by atoms with Gasteiger partial charge in [-0.05, 0) is 70.0 Å². The van der Waals surface area contributed by atoms with Crippen LogP contribution in [0.2, 0.25) is 5.28 Å². The van der Waals surface area contributed by atoms with E-state index in [2.05, 4.69) is 48.1 Å². The first-order valence-electron chi connectivity index (χ1n) is 8.78. The average Bonchev–Trinajstić information content (AvgIpc) is 2.72. The van der Waals surface area contributed by atoms with Crippen molar-refractivity contribution in [2.75, 3.05) is 10.6 Å². The van der Waals surface area contributed by atoms with Crippen molar-refractivity contribution >= 4 is 71.0 Å². The van der Waals surface area contributed by atoms with Crippen molar-refractivity contribution in [3.05, 3.63) is 58.8 Å². The SMILES string of the molecule is C=C(Br)C(=O)Nc1ccc(S(=O)(=O)O)c(Nc2nc(Cl)nc(-c3ccc(S(=O)(=O)O)cc3)n2)c1. The van der Waals surface area contributed by atoms with Crippen molar-refractivity contribution in [3.63, 3.8) is 0 Å². The van der Waals surface area contributed by atoms with E-state index in [0.29, 0.717) is 5.56 Å². The van der Waals surface area contributed by atoms with Gasteiger partial charge in [-0.2, -0.15) is 31.8 Å². The highest BCUT2D eigenvalue weighted by atomic mass is 79.9. The molecular weight excluding hydrogens is 578 g/mol. The van der Waals surface area contributed by atoms with Gasteiger partial charge in [0.15, 0.2) is 5.82 Å². The molecule has 0 aliphatic heterocycles. The van der Waals surface area contributed by atoms with Crippen LogP contribution < -0.4 is 10.6 Å². The zero-order valence-corrected chi connectivity index (χ0v) is 20.6. The molecule has 3 rings (SSSR count). The maximum Gasteiger partial charge on any atom is 0.296 e. The summed E-state index contributed by atoms with van der Waals surface area (Å²) >= 11 is 8.88. The second kappa shape index (κ2) is 9.73. The zero-order chi connectivity index (χ0) is 25.3. The molecule has 2 aromatic carbocycles. The summed E-state index contributed by atoms with van der Waals surface area (Å²) in [5.41, 5.74) is 0.253. The average molecular weight is 591 g/mol. The number of aromatic nitrogens is 3. The number of hydrogen-bond acceptors (Lipinski definition) is 9. The van der Waals surface area contributed by atoms with Crippen molar-refractivity contribution in [1.29, 1.82) is 0 Å². The maximum atomic E-state index is 11.8. The van der Waals surface area contributed by atoms with Crippen LogP contribution in [0.5, 0.6) is 0 Å². The van der Waals surface area contributed by atoms with E-state index < -0.39 is 31.0 Å². The first-order valence-corrected chi connectivity index (χ1v) is 12.8. The van der Waals surface area contributed by atoms with E-state index in [-0.39, 0.29) is 37.8 Å². The van der Waals surface area contributed by atoms with E-state index >= 15 is 0 Å². The Morgan fingerprint density at radius 1 is 0.971 bits per heavy atom. The van der Waals surface area contributed by atoms with E-state index in [0.717, 1.165) is 18.2 Å². The molecule has 12 nitrogen and oxygen atoms in total. The lowest BCUT2D eigenvalue weighted by atomic mass is 10.2. The number of rotatable bonds is 7. The van der Waals surface area contributed by atoms with Gasteiger partial charge in [0.1, 0.15) is 4.90 Å². The van der Waals surface area contributed by atoms with Crippen molar-refractivity contribution in [2.45, 2.75) is 9.79 Å². The highest BCUT2D eigenvalue weighted by Crippen LogP contribution is 2.29. The van der Waals surface area contributed by atoms with Crippen LogP contribution in [-0.2, 0) is 25.0 Å². The van der Waals surface area contributed by atoms with Crippen LogP contribution in [0.4, 0.5) is 17.3 Å². The van der Waals surface area contributed by atoms with Crippen LogP contribution >= 0.6 is 27.5 Å². The van der Waals surface area contributed by atoms with Crippen LogP contribution in [-0.4, -0.2) is 46.8 Å². The third-order valence-corrected chi connectivity index (χ3v) is 6.34. The molecule has 0 saturated heterocycles. The number of benzene rings is 2. The van der Waals surface area contributed by atoms with Gasteiger partial charge >= 0.3 is 0 Å². The molecule has 0 bridgehead atoms. The lowest BCUT2D eigenvalue weighted by molar-refractivity contribution is -0.112. The second-order valence-corrected chi connectivity index (χ2v) is 10.5. The summed E-state index contributed by atoms with van der Waals surface area (Å²) in [6.45, 7) is 3.43. The van der Waals surface area contributed by atoms with Gasteiger partial charge < -0.3 is 10.6 Å². The molecule has 1 aromatic heterocycles. The molecule has 0 unspecified atom stereocenters. The Labute approximate surface area is 206 Å². The molecule has 0 atom stereocenters. The summed E-state index contributed by atoms with van der Waals surface area (Å²) in [4.78, 5) is 22.9. The predicted molar refractivity (Wildman–Crippen MR) is 126 cm³/mol. The lowest BCUT2D eigenvalue weighted by Gasteiger charge is -2.12. The number of nitrogens with zero attached hydrogens (tertiary/aromatic N) is 3. The van der Waals surface area contributed by atoms with Crippen LogP contribution in [0.3, 0.4) is 0 Å². The highest BCUT2D eigenvalue weighted by molar-refractivity contribution is 9.12. The largest absolute Gasteiger partial charge is 0.323 e. The van der Waals surface area contributed by atoms with Crippen LogP contribution in [0.15, 0.2) is 63.3 Å². The minimum absolute atomic E-state index is 0.0159. The number of carbonyl (C=O) groups excluding carboxylic acids is 1. The highest BCUT2D eigenvalue weighted by Gasteiger charge is 2.19. The number of amides is 1. The smallest absolute Gasteiger partial charge is 0.296 e. The van der Waals surface area contributed by atoms with Gasteiger partial charge in [-0.1, -0.05) is 6.58 Å². The molecule has 0 aliphatic rings. The van der Waals surface area contributed by atoms with E-state index in [1.807, 2.05) is 0 Å². The molecule has 4 N–H and O–H groups in total. The Morgan fingerprint density at radius 3 is 2.18 bits per heavy atom. The van der Waals surface area contributed by atoms with E-state index in [1.165, 1.54) is 24.3 Å². The first-order chi connectivity index (χ1) is 15.7. The Bertz CT molecular complexity index is 1510. The quantitative estimate of drug-likeness (QED) is 0.233. The monoisotopic (exact) mass is 589 g/mol. The van der Waals surface area contributed by atoms with Crippen molar-refractivity contribution < 1.29 is 30.7 Å².